The van der Waals surface area contributed by atoms with Crippen LogP contribution in [0, 0.1) is 0 Å². The van der Waals surface area contributed by atoms with Crippen LogP contribution in [0.1, 0.15) is 50.1 Å². The van der Waals surface area contributed by atoms with E-state index in [-0.39, 0.29) is 11.9 Å². The predicted octanol–water partition coefficient (Wildman–Crippen LogP) is 2.06. The van der Waals surface area contributed by atoms with Gasteiger partial charge < -0.3 is 16.0 Å². The normalized spacial score (nSPS) is 24.3. The second-order valence-electron chi connectivity index (χ2n) is 6.24. The number of hydrogen-bond donors (Lipinski definition) is 2. The molecule has 2 fully saturated rings. The Bertz CT molecular complexity index is 525. The van der Waals surface area contributed by atoms with Crippen molar-refractivity contribution in [3.63, 3.8) is 0 Å². The molecule has 2 aliphatic rings. The van der Waals surface area contributed by atoms with Crippen molar-refractivity contribution in [3.8, 4) is 0 Å². The van der Waals surface area contributed by atoms with Crippen LogP contribution < -0.4 is 11.1 Å². The highest BCUT2D eigenvalue weighted by Crippen LogP contribution is 2.37. The number of nitrogens with zero attached hydrogens (tertiary/aromatic N) is 2. The van der Waals surface area contributed by atoms with E-state index < -0.39 is 5.54 Å². The van der Waals surface area contributed by atoms with Crippen LogP contribution >= 0.6 is 0 Å². The third kappa shape index (κ3) is 2.62. The third-order valence-corrected chi connectivity index (χ3v) is 4.86. The molecule has 5 nitrogen and oxygen atoms in total. The Balaban J connectivity index is 1.83. The number of carbonyl (C=O) groups excluding carboxylic acids is 1. The summed E-state index contributed by atoms with van der Waals surface area (Å²) in [5.74, 6) is 0.987. The first-order valence-electron chi connectivity index (χ1n) is 7.88. The van der Waals surface area contributed by atoms with Crippen molar-refractivity contribution in [2.45, 2.75) is 50.1 Å². The molecule has 0 radical (unpaired) electrons. The first-order chi connectivity index (χ1) is 10.1. The molecule has 1 saturated heterocycles. The minimum absolute atomic E-state index is 0.144. The van der Waals surface area contributed by atoms with Crippen molar-refractivity contribution in [3.05, 3.63) is 23.9 Å². The molecule has 0 unspecified atom stereocenters. The topological polar surface area (TPSA) is 71.2 Å². The summed E-state index contributed by atoms with van der Waals surface area (Å²) in [6.07, 6.45) is 7.65. The molecule has 0 spiro atoms. The van der Waals surface area contributed by atoms with Gasteiger partial charge in [-0.25, -0.2) is 4.98 Å². The Morgan fingerprint density at radius 2 is 2.19 bits per heavy atom. The minimum atomic E-state index is -0.624. The van der Waals surface area contributed by atoms with Gasteiger partial charge in [-0.1, -0.05) is 12.8 Å². The summed E-state index contributed by atoms with van der Waals surface area (Å²) in [6, 6.07) is 4.19. The summed E-state index contributed by atoms with van der Waals surface area (Å²) < 4.78 is 0. The zero-order valence-corrected chi connectivity index (χ0v) is 12.6. The third-order valence-electron chi connectivity index (χ3n) is 4.86. The zero-order chi connectivity index (χ0) is 14.9. The highest BCUT2D eigenvalue weighted by atomic mass is 16.2. The quantitative estimate of drug-likeness (QED) is 0.893. The second kappa shape index (κ2) is 5.64. The van der Waals surface area contributed by atoms with E-state index in [2.05, 4.69) is 10.3 Å². The Labute approximate surface area is 125 Å². The van der Waals surface area contributed by atoms with Crippen LogP contribution in [0.5, 0.6) is 0 Å². The Morgan fingerprint density at radius 1 is 1.43 bits per heavy atom. The van der Waals surface area contributed by atoms with Crippen LogP contribution in [0.25, 0.3) is 0 Å². The van der Waals surface area contributed by atoms with Crippen LogP contribution in [-0.4, -0.2) is 34.9 Å². The molecule has 1 aromatic heterocycles. The van der Waals surface area contributed by atoms with Gasteiger partial charge in [-0.15, -0.1) is 0 Å². The average Bonchev–Trinajstić information content (AvgIpc) is 3.16. The molecule has 0 bridgehead atoms. The van der Waals surface area contributed by atoms with Gasteiger partial charge >= 0.3 is 0 Å². The van der Waals surface area contributed by atoms with Crippen molar-refractivity contribution in [1.29, 1.82) is 0 Å². The maximum atomic E-state index is 12.9. The fraction of sp³-hybridized carbons (Fsp3) is 0.625. The van der Waals surface area contributed by atoms with Gasteiger partial charge in [0.1, 0.15) is 5.82 Å². The smallest absolute Gasteiger partial charge is 0.243 e. The lowest BCUT2D eigenvalue weighted by atomic mass is 9.95. The van der Waals surface area contributed by atoms with Crippen LogP contribution in [0.2, 0.25) is 0 Å². The summed E-state index contributed by atoms with van der Waals surface area (Å²) >= 11 is 0. The molecule has 1 atom stereocenters. The van der Waals surface area contributed by atoms with Gasteiger partial charge in [0.2, 0.25) is 5.91 Å². The van der Waals surface area contributed by atoms with E-state index in [1.165, 1.54) is 0 Å². The highest BCUT2D eigenvalue weighted by Gasteiger charge is 2.43. The van der Waals surface area contributed by atoms with Crippen molar-refractivity contribution >= 4 is 11.7 Å². The van der Waals surface area contributed by atoms with Gasteiger partial charge in [-0.3, -0.25) is 4.79 Å². The van der Waals surface area contributed by atoms with E-state index >= 15 is 0 Å². The fourth-order valence-corrected chi connectivity index (χ4v) is 3.65. The molecule has 1 aliphatic heterocycles. The van der Waals surface area contributed by atoms with Crippen LogP contribution in [-0.2, 0) is 4.79 Å². The molecule has 3 rings (SSSR count). The lowest BCUT2D eigenvalue weighted by Gasteiger charge is -2.33. The average molecular weight is 288 g/mol. The van der Waals surface area contributed by atoms with Crippen molar-refractivity contribution < 1.29 is 4.79 Å². The van der Waals surface area contributed by atoms with E-state index in [4.69, 9.17) is 5.73 Å². The Kier molecular flexibility index (Phi) is 3.85. The molecule has 2 heterocycles. The van der Waals surface area contributed by atoms with Crippen molar-refractivity contribution in [1.82, 2.24) is 9.88 Å². The van der Waals surface area contributed by atoms with Gasteiger partial charge in [0.15, 0.2) is 0 Å². The largest absolute Gasteiger partial charge is 0.373 e. The van der Waals surface area contributed by atoms with Gasteiger partial charge in [0.25, 0.3) is 0 Å². The number of pyridine rings is 1. The molecule has 1 saturated carbocycles. The number of likely N-dealkylation sites (tertiary alicyclic amines) is 1. The van der Waals surface area contributed by atoms with E-state index in [1.807, 2.05) is 24.1 Å². The van der Waals surface area contributed by atoms with E-state index in [9.17, 15) is 4.79 Å². The number of anilines is 1. The molecular formula is C16H24N4O. The number of rotatable bonds is 3. The maximum Gasteiger partial charge on any atom is 0.243 e. The summed E-state index contributed by atoms with van der Waals surface area (Å²) in [4.78, 5) is 19.1. The van der Waals surface area contributed by atoms with Gasteiger partial charge in [-0.05, 0) is 43.4 Å². The number of aromatic nitrogens is 1. The molecule has 0 aromatic carbocycles. The molecule has 1 amide bonds. The molecule has 21 heavy (non-hydrogen) atoms. The number of nitrogens with two attached hydrogens (primary N) is 1. The van der Waals surface area contributed by atoms with Gasteiger partial charge in [-0.2, -0.15) is 0 Å². The zero-order valence-electron chi connectivity index (χ0n) is 12.6. The number of amides is 1. The summed E-state index contributed by atoms with van der Waals surface area (Å²) in [6.45, 7) is 0.819. The lowest BCUT2D eigenvalue weighted by Crippen LogP contribution is -2.53. The monoisotopic (exact) mass is 288 g/mol. The highest BCUT2D eigenvalue weighted by molar-refractivity contribution is 5.87. The number of nitrogens with one attached hydrogen (secondary N) is 1. The van der Waals surface area contributed by atoms with Crippen molar-refractivity contribution in [2.24, 2.45) is 5.73 Å². The first kappa shape index (κ1) is 14.3. The van der Waals surface area contributed by atoms with E-state index in [0.717, 1.165) is 56.5 Å². The Hall–Kier alpha value is -1.62. The SMILES string of the molecule is CNc1cc([C@H]2CCCN2C(=O)C2(N)CCCC2)ccn1. The number of hydrogen-bond acceptors (Lipinski definition) is 4. The van der Waals surface area contributed by atoms with Gasteiger partial charge in [0, 0.05) is 19.8 Å². The van der Waals surface area contributed by atoms with Gasteiger partial charge in [0.05, 0.1) is 11.6 Å². The van der Waals surface area contributed by atoms with E-state index in [1.54, 1.807) is 6.20 Å². The van der Waals surface area contributed by atoms with Crippen LogP contribution in [0.3, 0.4) is 0 Å². The lowest BCUT2D eigenvalue weighted by molar-refractivity contribution is -0.137. The molecule has 1 aromatic rings. The Morgan fingerprint density at radius 3 is 2.90 bits per heavy atom. The summed E-state index contributed by atoms with van der Waals surface area (Å²) in [5.41, 5.74) is 6.89. The second-order valence-corrected chi connectivity index (χ2v) is 6.24. The van der Waals surface area contributed by atoms with Crippen LogP contribution in [0.4, 0.5) is 5.82 Å². The van der Waals surface area contributed by atoms with Crippen molar-refractivity contribution in [2.75, 3.05) is 18.9 Å². The van der Waals surface area contributed by atoms with Crippen LogP contribution in [0.15, 0.2) is 18.3 Å². The number of carbonyl (C=O) groups is 1. The molecular weight excluding hydrogens is 264 g/mol. The minimum Gasteiger partial charge on any atom is -0.373 e. The summed E-state index contributed by atoms with van der Waals surface area (Å²) in [7, 11) is 1.86. The predicted molar refractivity (Wildman–Crippen MR) is 82.9 cm³/mol. The molecule has 5 heteroatoms. The summed E-state index contributed by atoms with van der Waals surface area (Å²) in [5, 5.41) is 3.06. The molecule has 114 valence electrons. The first-order valence-corrected chi connectivity index (χ1v) is 7.88. The van der Waals surface area contributed by atoms with E-state index in [0.29, 0.717) is 0 Å². The molecule has 1 aliphatic carbocycles. The molecule has 3 N–H and O–H groups in total. The maximum absolute atomic E-state index is 12.9. The fourth-order valence-electron chi connectivity index (χ4n) is 3.65. The standard InChI is InChI=1S/C16H24N4O/c1-18-14-11-12(6-9-19-14)13-5-4-10-20(13)15(21)16(17)7-2-3-8-16/h6,9,11,13H,2-5,7-8,10,17H2,1H3,(H,18,19)/t13-/m1/s1.